The van der Waals surface area contributed by atoms with Gasteiger partial charge in [-0.2, -0.15) is 0 Å². The van der Waals surface area contributed by atoms with E-state index in [4.69, 9.17) is 0 Å². The van der Waals surface area contributed by atoms with E-state index in [9.17, 15) is 4.79 Å². The van der Waals surface area contributed by atoms with E-state index in [1.165, 1.54) is 5.56 Å². The summed E-state index contributed by atoms with van der Waals surface area (Å²) in [4.78, 5) is 14.3. The molecule has 104 valence electrons. The van der Waals surface area contributed by atoms with Crippen molar-refractivity contribution >= 4 is 5.78 Å². The Labute approximate surface area is 121 Å². The van der Waals surface area contributed by atoms with Gasteiger partial charge in [0.2, 0.25) is 0 Å². The molecule has 0 aliphatic heterocycles. The Morgan fingerprint density at radius 3 is 2.15 bits per heavy atom. The zero-order valence-electron chi connectivity index (χ0n) is 12.1. The fraction of sp³-hybridized carbons (Fsp3) is 0.278. The number of hydrogen-bond acceptors (Lipinski definition) is 2. The van der Waals surface area contributed by atoms with Crippen molar-refractivity contribution in [1.82, 2.24) is 4.90 Å². The third kappa shape index (κ3) is 3.78. The summed E-state index contributed by atoms with van der Waals surface area (Å²) in [5.41, 5.74) is 2.08. The van der Waals surface area contributed by atoms with Crippen LogP contribution in [-0.4, -0.2) is 24.3 Å². The van der Waals surface area contributed by atoms with E-state index in [0.717, 1.165) is 12.1 Å². The second-order valence-electron chi connectivity index (χ2n) is 5.11. The van der Waals surface area contributed by atoms with Gasteiger partial charge in [-0.3, -0.25) is 9.69 Å². The summed E-state index contributed by atoms with van der Waals surface area (Å²) in [6.07, 6.45) is 0.553. The van der Waals surface area contributed by atoms with E-state index in [2.05, 4.69) is 43.1 Å². The van der Waals surface area contributed by atoms with Gasteiger partial charge in [0.15, 0.2) is 5.78 Å². The largest absolute Gasteiger partial charge is 0.299 e. The summed E-state index contributed by atoms with van der Waals surface area (Å²) in [5, 5.41) is 0. The molecule has 0 aliphatic carbocycles. The predicted molar refractivity (Wildman–Crippen MR) is 82.9 cm³/mol. The normalized spacial score (nSPS) is 12.3. The van der Waals surface area contributed by atoms with Gasteiger partial charge in [-0.15, -0.1) is 0 Å². The van der Waals surface area contributed by atoms with E-state index in [1.54, 1.807) is 0 Å². The molecule has 0 saturated heterocycles. The summed E-state index contributed by atoms with van der Waals surface area (Å²) >= 11 is 0. The first-order valence-electron chi connectivity index (χ1n) is 7.02. The lowest BCUT2D eigenvalue weighted by atomic mass is 10.1. The fourth-order valence-corrected chi connectivity index (χ4v) is 2.23. The molecule has 2 heteroatoms. The van der Waals surface area contributed by atoms with Crippen molar-refractivity contribution in [2.45, 2.75) is 19.4 Å². The average Bonchev–Trinajstić information content (AvgIpc) is 2.53. The molecule has 2 nitrogen and oxygen atoms in total. The Hall–Kier alpha value is -1.93. The molecule has 1 atom stereocenters. The van der Waals surface area contributed by atoms with Crippen molar-refractivity contribution < 1.29 is 4.79 Å². The lowest BCUT2D eigenvalue weighted by Gasteiger charge is -2.24. The number of benzene rings is 2. The summed E-state index contributed by atoms with van der Waals surface area (Å²) in [6, 6.07) is 20.2. The minimum Gasteiger partial charge on any atom is -0.299 e. The number of carbonyl (C=O) groups excluding carboxylic acids is 1. The number of nitrogens with zero attached hydrogens (tertiary/aromatic N) is 1. The van der Waals surface area contributed by atoms with Crippen molar-refractivity contribution in [2.75, 3.05) is 13.6 Å². The molecule has 2 rings (SSSR count). The van der Waals surface area contributed by atoms with Crippen LogP contribution in [0.15, 0.2) is 60.7 Å². The molecule has 0 radical (unpaired) electrons. The van der Waals surface area contributed by atoms with Gasteiger partial charge in [0, 0.05) is 24.6 Å². The van der Waals surface area contributed by atoms with E-state index in [0.29, 0.717) is 12.5 Å². The molecule has 0 aromatic heterocycles. The molecule has 0 bridgehead atoms. The van der Waals surface area contributed by atoms with Gasteiger partial charge >= 0.3 is 0 Å². The monoisotopic (exact) mass is 267 g/mol. The maximum Gasteiger partial charge on any atom is 0.164 e. The van der Waals surface area contributed by atoms with Crippen molar-refractivity contribution in [3.8, 4) is 0 Å². The highest BCUT2D eigenvalue weighted by molar-refractivity contribution is 5.96. The molecule has 0 spiro atoms. The Morgan fingerprint density at radius 2 is 1.55 bits per heavy atom. The summed E-state index contributed by atoms with van der Waals surface area (Å²) < 4.78 is 0. The molecule has 0 amide bonds. The van der Waals surface area contributed by atoms with Crippen LogP contribution in [0.5, 0.6) is 0 Å². The second-order valence-corrected chi connectivity index (χ2v) is 5.11. The molecule has 20 heavy (non-hydrogen) atoms. The minimum atomic E-state index is 0.206. The maximum absolute atomic E-state index is 12.1. The molecular formula is C18H21NO. The van der Waals surface area contributed by atoms with Crippen LogP contribution in [0.2, 0.25) is 0 Å². The molecule has 1 unspecified atom stereocenters. The molecule has 0 heterocycles. The lowest BCUT2D eigenvalue weighted by molar-refractivity contribution is 0.0962. The summed E-state index contributed by atoms with van der Waals surface area (Å²) in [5.74, 6) is 0.206. The van der Waals surface area contributed by atoms with Crippen LogP contribution in [0.25, 0.3) is 0 Å². The Balaban J connectivity index is 1.89. The van der Waals surface area contributed by atoms with E-state index >= 15 is 0 Å². The molecule has 0 aliphatic rings. The van der Waals surface area contributed by atoms with E-state index in [-0.39, 0.29) is 5.78 Å². The van der Waals surface area contributed by atoms with Crippen LogP contribution in [0, 0.1) is 0 Å². The first kappa shape index (κ1) is 14.5. The molecular weight excluding hydrogens is 246 g/mol. The van der Waals surface area contributed by atoms with E-state index < -0.39 is 0 Å². The van der Waals surface area contributed by atoms with Crippen molar-refractivity contribution in [3.63, 3.8) is 0 Å². The van der Waals surface area contributed by atoms with Gasteiger partial charge < -0.3 is 0 Å². The van der Waals surface area contributed by atoms with Crippen LogP contribution in [0.3, 0.4) is 0 Å². The highest BCUT2D eigenvalue weighted by Gasteiger charge is 2.13. The van der Waals surface area contributed by atoms with Gasteiger partial charge in [-0.25, -0.2) is 0 Å². The number of ketones is 1. The summed E-state index contributed by atoms with van der Waals surface area (Å²) in [6.45, 7) is 2.94. The minimum absolute atomic E-state index is 0.206. The highest BCUT2D eigenvalue weighted by atomic mass is 16.1. The van der Waals surface area contributed by atoms with Crippen LogP contribution in [0.4, 0.5) is 0 Å². The fourth-order valence-electron chi connectivity index (χ4n) is 2.23. The third-order valence-electron chi connectivity index (χ3n) is 3.73. The Bertz CT molecular complexity index is 536. The maximum atomic E-state index is 12.1. The summed E-state index contributed by atoms with van der Waals surface area (Å²) in [7, 11) is 2.07. The zero-order chi connectivity index (χ0) is 14.4. The number of hydrogen-bond donors (Lipinski definition) is 0. The molecule has 0 fully saturated rings. The van der Waals surface area contributed by atoms with Crippen molar-refractivity contribution in [1.29, 1.82) is 0 Å². The Kier molecular flexibility index (Phi) is 5.08. The Morgan fingerprint density at radius 1 is 1.00 bits per heavy atom. The third-order valence-corrected chi connectivity index (χ3v) is 3.73. The molecule has 2 aromatic carbocycles. The van der Waals surface area contributed by atoms with Gasteiger partial charge in [-0.05, 0) is 19.5 Å². The molecule has 0 N–H and O–H groups in total. The quantitative estimate of drug-likeness (QED) is 0.739. The van der Waals surface area contributed by atoms with Crippen molar-refractivity contribution in [3.05, 3.63) is 71.8 Å². The number of Topliss-reactive ketones (excluding diaryl/α,β-unsaturated/α-hetero) is 1. The van der Waals surface area contributed by atoms with E-state index in [1.807, 2.05) is 36.4 Å². The van der Waals surface area contributed by atoms with Gasteiger partial charge in [0.05, 0.1) is 0 Å². The number of rotatable bonds is 6. The van der Waals surface area contributed by atoms with Crippen LogP contribution in [0.1, 0.15) is 35.3 Å². The van der Waals surface area contributed by atoms with Gasteiger partial charge in [-0.1, -0.05) is 60.7 Å². The highest BCUT2D eigenvalue weighted by Crippen LogP contribution is 2.18. The van der Waals surface area contributed by atoms with Crippen LogP contribution < -0.4 is 0 Å². The molecule has 0 saturated carbocycles. The van der Waals surface area contributed by atoms with Crippen LogP contribution in [-0.2, 0) is 0 Å². The molecule has 2 aromatic rings. The number of carbonyl (C=O) groups is 1. The van der Waals surface area contributed by atoms with Crippen molar-refractivity contribution in [2.24, 2.45) is 0 Å². The van der Waals surface area contributed by atoms with Crippen LogP contribution >= 0.6 is 0 Å². The first-order valence-corrected chi connectivity index (χ1v) is 7.02. The van der Waals surface area contributed by atoms with Gasteiger partial charge in [0.1, 0.15) is 0 Å². The smallest absolute Gasteiger partial charge is 0.164 e. The predicted octanol–water partition coefficient (Wildman–Crippen LogP) is 3.95. The lowest BCUT2D eigenvalue weighted by Crippen LogP contribution is -2.25. The topological polar surface area (TPSA) is 20.3 Å². The standard InChI is InChI=1S/C18H21NO/c1-15(16-9-5-3-6-10-16)19(2)14-13-18(20)17-11-7-4-8-12-17/h3-12,15H,13-14H2,1-2H3. The van der Waals surface area contributed by atoms with Gasteiger partial charge in [0.25, 0.3) is 0 Å². The second kappa shape index (κ2) is 7.01. The SMILES string of the molecule is CC(c1ccccc1)N(C)CCC(=O)c1ccccc1. The average molecular weight is 267 g/mol. The zero-order valence-corrected chi connectivity index (χ0v) is 12.1. The first-order chi connectivity index (χ1) is 9.68.